The quantitative estimate of drug-likeness (QED) is 0.865. The van der Waals surface area contributed by atoms with Crippen molar-refractivity contribution in [1.29, 1.82) is 0 Å². The van der Waals surface area contributed by atoms with Crippen molar-refractivity contribution < 1.29 is 5.11 Å². The molecule has 0 saturated heterocycles. The Labute approximate surface area is 112 Å². The molecule has 3 heteroatoms. The molecule has 0 aliphatic carbocycles. The van der Waals surface area contributed by atoms with Crippen LogP contribution in [-0.2, 0) is 6.54 Å². The summed E-state index contributed by atoms with van der Waals surface area (Å²) in [4.78, 5) is 0. The van der Waals surface area contributed by atoms with Crippen molar-refractivity contribution in [3.05, 3.63) is 58.1 Å². The average Bonchev–Trinajstić information content (AvgIpc) is 2.33. The molecule has 0 fully saturated rings. The molecule has 0 atom stereocenters. The highest BCUT2D eigenvalue weighted by atomic mass is 35.5. The van der Waals surface area contributed by atoms with E-state index in [-0.39, 0.29) is 5.75 Å². The first-order valence-corrected chi connectivity index (χ1v) is 6.23. The molecule has 2 rings (SSSR count). The number of benzene rings is 2. The Morgan fingerprint density at radius 1 is 1.11 bits per heavy atom. The molecule has 0 unspecified atom stereocenters. The zero-order chi connectivity index (χ0) is 13.1. The van der Waals surface area contributed by atoms with E-state index in [0.29, 0.717) is 11.6 Å². The van der Waals surface area contributed by atoms with Gasteiger partial charge < -0.3 is 10.4 Å². The standard InChI is InChI=1S/C15H16ClNO/c1-10-4-3-5-11(2)15(10)17-9-12-8-13(16)6-7-14(12)18/h3-8,17-18H,9H2,1-2H3. The van der Waals surface area contributed by atoms with Gasteiger partial charge in [-0.3, -0.25) is 0 Å². The molecule has 2 aromatic carbocycles. The van der Waals surface area contributed by atoms with Crippen LogP contribution in [0, 0.1) is 13.8 Å². The van der Waals surface area contributed by atoms with Crippen molar-refractivity contribution in [2.75, 3.05) is 5.32 Å². The van der Waals surface area contributed by atoms with Crippen LogP contribution in [0.3, 0.4) is 0 Å². The number of aromatic hydroxyl groups is 1. The number of para-hydroxylation sites is 1. The van der Waals surface area contributed by atoms with Gasteiger partial charge in [0.25, 0.3) is 0 Å². The molecule has 0 saturated carbocycles. The Kier molecular flexibility index (Phi) is 3.78. The number of hydrogen-bond acceptors (Lipinski definition) is 2. The fourth-order valence-corrected chi connectivity index (χ4v) is 2.17. The van der Waals surface area contributed by atoms with Gasteiger partial charge in [0, 0.05) is 22.8 Å². The van der Waals surface area contributed by atoms with E-state index in [2.05, 4.69) is 31.3 Å². The number of phenols is 1. The Bertz CT molecular complexity index is 546. The lowest BCUT2D eigenvalue weighted by Gasteiger charge is -2.13. The van der Waals surface area contributed by atoms with Gasteiger partial charge in [0.05, 0.1) is 0 Å². The van der Waals surface area contributed by atoms with Gasteiger partial charge in [-0.15, -0.1) is 0 Å². The summed E-state index contributed by atoms with van der Waals surface area (Å²) in [6, 6.07) is 11.2. The second-order valence-electron chi connectivity index (χ2n) is 4.39. The summed E-state index contributed by atoms with van der Waals surface area (Å²) in [5.41, 5.74) is 4.29. The fraction of sp³-hybridized carbons (Fsp3) is 0.200. The van der Waals surface area contributed by atoms with E-state index in [1.54, 1.807) is 18.2 Å². The van der Waals surface area contributed by atoms with Crippen LogP contribution in [0.25, 0.3) is 0 Å². The van der Waals surface area contributed by atoms with Crippen LogP contribution in [0.15, 0.2) is 36.4 Å². The van der Waals surface area contributed by atoms with E-state index in [4.69, 9.17) is 11.6 Å². The van der Waals surface area contributed by atoms with Gasteiger partial charge in [0.15, 0.2) is 0 Å². The molecule has 2 N–H and O–H groups in total. The summed E-state index contributed by atoms with van der Waals surface area (Å²) >= 11 is 5.92. The Morgan fingerprint density at radius 3 is 2.44 bits per heavy atom. The van der Waals surface area contributed by atoms with Crippen molar-refractivity contribution in [2.45, 2.75) is 20.4 Å². The van der Waals surface area contributed by atoms with Gasteiger partial charge in [0.1, 0.15) is 5.75 Å². The van der Waals surface area contributed by atoms with Crippen LogP contribution >= 0.6 is 11.6 Å². The minimum absolute atomic E-state index is 0.262. The number of hydrogen-bond donors (Lipinski definition) is 2. The van der Waals surface area contributed by atoms with Crippen LogP contribution < -0.4 is 5.32 Å². The number of nitrogens with one attached hydrogen (secondary N) is 1. The molecule has 0 aromatic heterocycles. The summed E-state index contributed by atoms with van der Waals surface area (Å²) in [7, 11) is 0. The second kappa shape index (κ2) is 5.32. The Hall–Kier alpha value is -1.67. The lowest BCUT2D eigenvalue weighted by atomic mass is 10.1. The van der Waals surface area contributed by atoms with Crippen LogP contribution in [0.4, 0.5) is 5.69 Å². The summed E-state index contributed by atoms with van der Waals surface area (Å²) < 4.78 is 0. The number of rotatable bonds is 3. The summed E-state index contributed by atoms with van der Waals surface area (Å²) in [6.07, 6.45) is 0. The first-order valence-electron chi connectivity index (χ1n) is 5.85. The molecule has 2 nitrogen and oxygen atoms in total. The van der Waals surface area contributed by atoms with Crippen LogP contribution in [0.2, 0.25) is 5.02 Å². The Morgan fingerprint density at radius 2 is 1.78 bits per heavy atom. The third-order valence-electron chi connectivity index (χ3n) is 2.98. The van der Waals surface area contributed by atoms with Crippen molar-refractivity contribution in [3.63, 3.8) is 0 Å². The molecular formula is C15H16ClNO. The monoisotopic (exact) mass is 261 g/mol. The lowest BCUT2D eigenvalue weighted by molar-refractivity contribution is 0.469. The molecule has 0 aliphatic rings. The lowest BCUT2D eigenvalue weighted by Crippen LogP contribution is -2.03. The molecule has 18 heavy (non-hydrogen) atoms. The third-order valence-corrected chi connectivity index (χ3v) is 3.21. The van der Waals surface area contributed by atoms with E-state index in [1.165, 1.54) is 11.1 Å². The van der Waals surface area contributed by atoms with Crippen LogP contribution in [-0.4, -0.2) is 5.11 Å². The maximum Gasteiger partial charge on any atom is 0.120 e. The molecule has 0 aliphatic heterocycles. The molecule has 0 bridgehead atoms. The predicted octanol–water partition coefficient (Wildman–Crippen LogP) is 4.27. The molecule has 0 spiro atoms. The molecule has 0 radical (unpaired) electrons. The molecule has 0 amide bonds. The molecule has 94 valence electrons. The van der Waals surface area contributed by atoms with E-state index in [0.717, 1.165) is 11.3 Å². The minimum atomic E-state index is 0.262. The van der Waals surface area contributed by atoms with Crippen molar-refractivity contribution in [3.8, 4) is 5.75 Å². The summed E-state index contributed by atoms with van der Waals surface area (Å²) in [6.45, 7) is 4.68. The number of anilines is 1. The van der Waals surface area contributed by atoms with E-state index >= 15 is 0 Å². The van der Waals surface area contributed by atoms with Crippen molar-refractivity contribution in [2.24, 2.45) is 0 Å². The molecular weight excluding hydrogens is 246 g/mol. The van der Waals surface area contributed by atoms with Crippen molar-refractivity contribution >= 4 is 17.3 Å². The van der Waals surface area contributed by atoms with E-state index in [1.807, 2.05) is 6.07 Å². The third kappa shape index (κ3) is 2.77. The van der Waals surface area contributed by atoms with Gasteiger partial charge in [-0.05, 0) is 43.2 Å². The largest absolute Gasteiger partial charge is 0.508 e. The van der Waals surface area contributed by atoms with E-state index < -0.39 is 0 Å². The van der Waals surface area contributed by atoms with E-state index in [9.17, 15) is 5.11 Å². The highest BCUT2D eigenvalue weighted by molar-refractivity contribution is 6.30. The maximum atomic E-state index is 9.75. The first kappa shape index (κ1) is 12.8. The summed E-state index contributed by atoms with van der Waals surface area (Å²) in [5.74, 6) is 0.262. The van der Waals surface area contributed by atoms with Crippen LogP contribution in [0.1, 0.15) is 16.7 Å². The summed E-state index contributed by atoms with van der Waals surface area (Å²) in [5, 5.41) is 13.7. The topological polar surface area (TPSA) is 32.3 Å². The SMILES string of the molecule is Cc1cccc(C)c1NCc1cc(Cl)ccc1O. The smallest absolute Gasteiger partial charge is 0.120 e. The minimum Gasteiger partial charge on any atom is -0.508 e. The fourth-order valence-electron chi connectivity index (χ4n) is 1.97. The highest BCUT2D eigenvalue weighted by Gasteiger charge is 2.05. The van der Waals surface area contributed by atoms with Gasteiger partial charge in [-0.25, -0.2) is 0 Å². The predicted molar refractivity (Wildman–Crippen MR) is 76.4 cm³/mol. The first-order chi connectivity index (χ1) is 8.58. The van der Waals surface area contributed by atoms with Crippen molar-refractivity contribution in [1.82, 2.24) is 0 Å². The average molecular weight is 262 g/mol. The number of aryl methyl sites for hydroxylation is 2. The van der Waals surface area contributed by atoms with Gasteiger partial charge in [-0.1, -0.05) is 29.8 Å². The highest BCUT2D eigenvalue weighted by Crippen LogP contribution is 2.24. The molecule has 0 heterocycles. The van der Waals surface area contributed by atoms with Gasteiger partial charge in [0.2, 0.25) is 0 Å². The van der Waals surface area contributed by atoms with Gasteiger partial charge >= 0.3 is 0 Å². The van der Waals surface area contributed by atoms with Crippen LogP contribution in [0.5, 0.6) is 5.75 Å². The normalized spacial score (nSPS) is 10.4. The maximum absolute atomic E-state index is 9.75. The zero-order valence-corrected chi connectivity index (χ0v) is 11.3. The zero-order valence-electron chi connectivity index (χ0n) is 10.5. The molecule has 2 aromatic rings. The van der Waals surface area contributed by atoms with Gasteiger partial charge in [-0.2, -0.15) is 0 Å². The Balaban J connectivity index is 2.19. The number of phenolic OH excluding ortho intramolecular Hbond substituents is 1. The number of halogens is 1. The second-order valence-corrected chi connectivity index (χ2v) is 4.83.